The van der Waals surface area contributed by atoms with Crippen LogP contribution in [-0.4, -0.2) is 46.4 Å². The zero-order valence-electron chi connectivity index (χ0n) is 15.4. The Bertz CT molecular complexity index is 989. The molecular weight excluding hydrogens is 432 g/mol. The molecule has 0 atom stereocenters. The van der Waals surface area contributed by atoms with Gasteiger partial charge in [-0.3, -0.25) is 4.79 Å². The van der Waals surface area contributed by atoms with E-state index in [9.17, 15) is 13.2 Å². The van der Waals surface area contributed by atoms with Crippen molar-refractivity contribution in [3.8, 4) is 5.75 Å². The molecule has 3 rings (SSSR count). The van der Waals surface area contributed by atoms with E-state index in [1.165, 1.54) is 33.3 Å². The van der Waals surface area contributed by atoms with Crippen molar-refractivity contribution in [1.82, 2.24) is 4.31 Å². The van der Waals surface area contributed by atoms with Crippen molar-refractivity contribution >= 4 is 37.5 Å². The SMILES string of the molecule is COc1ccc(C(=O)N2CCCc3cc(Br)ccc32)cc1S(=O)(=O)N(C)C. The highest BCUT2D eigenvalue weighted by Crippen LogP contribution is 2.32. The lowest BCUT2D eigenvalue weighted by Crippen LogP contribution is -2.35. The minimum Gasteiger partial charge on any atom is -0.495 e. The van der Waals surface area contributed by atoms with E-state index in [2.05, 4.69) is 15.9 Å². The summed E-state index contributed by atoms with van der Waals surface area (Å²) in [4.78, 5) is 14.8. The van der Waals surface area contributed by atoms with Gasteiger partial charge in [0, 0.05) is 36.4 Å². The number of nitrogens with zero attached hydrogens (tertiary/aromatic N) is 2. The van der Waals surface area contributed by atoms with E-state index in [1.54, 1.807) is 11.0 Å². The van der Waals surface area contributed by atoms with Gasteiger partial charge in [0.15, 0.2) is 0 Å². The van der Waals surface area contributed by atoms with Crippen molar-refractivity contribution in [3.05, 3.63) is 52.0 Å². The largest absolute Gasteiger partial charge is 0.495 e. The molecule has 2 aromatic carbocycles. The molecule has 0 fully saturated rings. The molecule has 8 heteroatoms. The molecule has 1 heterocycles. The van der Waals surface area contributed by atoms with Gasteiger partial charge in [-0.25, -0.2) is 12.7 Å². The highest BCUT2D eigenvalue weighted by atomic mass is 79.9. The second-order valence-electron chi connectivity index (χ2n) is 6.49. The van der Waals surface area contributed by atoms with Gasteiger partial charge >= 0.3 is 0 Å². The molecule has 1 aliphatic heterocycles. The summed E-state index contributed by atoms with van der Waals surface area (Å²) in [6, 6.07) is 10.4. The zero-order chi connectivity index (χ0) is 19.8. The van der Waals surface area contributed by atoms with E-state index in [1.807, 2.05) is 18.2 Å². The Hall–Kier alpha value is -1.90. The van der Waals surface area contributed by atoms with E-state index in [0.717, 1.165) is 32.9 Å². The third kappa shape index (κ3) is 3.74. The van der Waals surface area contributed by atoms with Crippen LogP contribution in [0.15, 0.2) is 45.8 Å². The minimum absolute atomic E-state index is 0.0195. The number of halogens is 1. The van der Waals surface area contributed by atoms with Gasteiger partial charge in [0.1, 0.15) is 10.6 Å². The molecule has 0 saturated carbocycles. The number of ether oxygens (including phenoxy) is 1. The lowest BCUT2D eigenvalue weighted by Gasteiger charge is -2.30. The fraction of sp³-hybridized carbons (Fsp3) is 0.316. The first-order valence-corrected chi connectivity index (χ1v) is 10.7. The highest BCUT2D eigenvalue weighted by molar-refractivity contribution is 9.10. The van der Waals surface area contributed by atoms with Crippen LogP contribution >= 0.6 is 15.9 Å². The van der Waals surface area contributed by atoms with Gasteiger partial charge in [0.2, 0.25) is 10.0 Å². The summed E-state index contributed by atoms with van der Waals surface area (Å²) in [5.74, 6) is -0.0145. The van der Waals surface area contributed by atoms with Crippen LogP contribution < -0.4 is 9.64 Å². The molecule has 6 nitrogen and oxygen atoms in total. The van der Waals surface area contributed by atoms with Gasteiger partial charge in [-0.05, 0) is 54.8 Å². The van der Waals surface area contributed by atoms with Gasteiger partial charge in [-0.2, -0.15) is 0 Å². The van der Waals surface area contributed by atoms with Crippen LogP contribution in [0.2, 0.25) is 0 Å². The van der Waals surface area contributed by atoms with Gasteiger partial charge in [-0.15, -0.1) is 0 Å². The number of rotatable bonds is 4. The van der Waals surface area contributed by atoms with Gasteiger partial charge in [-0.1, -0.05) is 15.9 Å². The molecule has 1 amide bonds. The van der Waals surface area contributed by atoms with Crippen LogP contribution in [0.25, 0.3) is 0 Å². The molecule has 0 saturated heterocycles. The average Bonchev–Trinajstić information content (AvgIpc) is 2.66. The van der Waals surface area contributed by atoms with E-state index < -0.39 is 10.0 Å². The molecule has 0 bridgehead atoms. The molecule has 0 aliphatic carbocycles. The molecule has 0 unspecified atom stereocenters. The topological polar surface area (TPSA) is 66.9 Å². The smallest absolute Gasteiger partial charge is 0.258 e. The van der Waals surface area contributed by atoms with Crippen LogP contribution in [0.1, 0.15) is 22.3 Å². The summed E-state index contributed by atoms with van der Waals surface area (Å²) < 4.78 is 32.5. The summed E-state index contributed by atoms with van der Waals surface area (Å²) in [6.45, 7) is 0.593. The first kappa shape index (κ1) is 19.9. The van der Waals surface area contributed by atoms with Crippen LogP contribution in [0.5, 0.6) is 5.75 Å². The maximum absolute atomic E-state index is 13.2. The van der Waals surface area contributed by atoms with E-state index in [0.29, 0.717) is 12.1 Å². The van der Waals surface area contributed by atoms with Crippen molar-refractivity contribution < 1.29 is 17.9 Å². The van der Waals surface area contributed by atoms with Crippen molar-refractivity contribution in [2.45, 2.75) is 17.7 Å². The zero-order valence-corrected chi connectivity index (χ0v) is 17.8. The van der Waals surface area contributed by atoms with Crippen LogP contribution in [0.3, 0.4) is 0 Å². The Balaban J connectivity index is 2.05. The van der Waals surface area contributed by atoms with Gasteiger partial charge in [0.05, 0.1) is 7.11 Å². The first-order chi connectivity index (χ1) is 12.8. The number of aryl methyl sites for hydroxylation is 1. The summed E-state index contributed by atoms with van der Waals surface area (Å²) >= 11 is 3.46. The Morgan fingerprint density at radius 3 is 2.59 bits per heavy atom. The van der Waals surface area contributed by atoms with Gasteiger partial charge < -0.3 is 9.64 Å². The minimum atomic E-state index is -3.74. The predicted octanol–water partition coefficient (Wildman–Crippen LogP) is 3.30. The normalized spacial score (nSPS) is 14.2. The number of carbonyl (C=O) groups is 1. The molecule has 27 heavy (non-hydrogen) atoms. The average molecular weight is 453 g/mol. The molecule has 0 radical (unpaired) electrons. The summed E-state index contributed by atoms with van der Waals surface area (Å²) in [5, 5.41) is 0. The first-order valence-electron chi connectivity index (χ1n) is 8.46. The predicted molar refractivity (Wildman–Crippen MR) is 108 cm³/mol. The third-order valence-electron chi connectivity index (χ3n) is 4.57. The number of anilines is 1. The number of hydrogen-bond donors (Lipinski definition) is 0. The number of hydrogen-bond acceptors (Lipinski definition) is 4. The maximum Gasteiger partial charge on any atom is 0.258 e. The van der Waals surface area contributed by atoms with E-state index in [4.69, 9.17) is 4.74 Å². The number of amides is 1. The number of carbonyl (C=O) groups excluding carboxylic acids is 1. The van der Waals surface area contributed by atoms with E-state index >= 15 is 0 Å². The maximum atomic E-state index is 13.2. The van der Waals surface area contributed by atoms with Crippen molar-refractivity contribution in [3.63, 3.8) is 0 Å². The lowest BCUT2D eigenvalue weighted by molar-refractivity contribution is 0.0985. The monoisotopic (exact) mass is 452 g/mol. The fourth-order valence-corrected chi connectivity index (χ4v) is 4.62. The second-order valence-corrected chi connectivity index (χ2v) is 9.52. The number of fused-ring (bicyclic) bond motifs is 1. The summed E-state index contributed by atoms with van der Waals surface area (Å²) in [5.41, 5.74) is 2.27. The molecule has 1 aliphatic rings. The second kappa shape index (κ2) is 7.61. The summed E-state index contributed by atoms with van der Waals surface area (Å²) in [7, 11) is 0.559. The van der Waals surface area contributed by atoms with Crippen LogP contribution in [0.4, 0.5) is 5.69 Å². The van der Waals surface area contributed by atoms with Crippen LogP contribution in [0, 0.1) is 0 Å². The molecule has 0 spiro atoms. The summed E-state index contributed by atoms with van der Waals surface area (Å²) in [6.07, 6.45) is 1.76. The van der Waals surface area contributed by atoms with Crippen molar-refractivity contribution in [2.75, 3.05) is 32.6 Å². The van der Waals surface area contributed by atoms with Gasteiger partial charge in [0.25, 0.3) is 5.91 Å². The van der Waals surface area contributed by atoms with E-state index in [-0.39, 0.29) is 16.6 Å². The third-order valence-corrected chi connectivity index (χ3v) is 6.90. The molecular formula is C19H21BrN2O4S. The van der Waals surface area contributed by atoms with Crippen LogP contribution in [-0.2, 0) is 16.4 Å². The highest BCUT2D eigenvalue weighted by Gasteiger charge is 2.27. The standard InChI is InChI=1S/C19H21BrN2O4S/c1-21(2)27(24,25)18-12-14(6-9-17(18)26-3)19(23)22-10-4-5-13-11-15(20)7-8-16(13)22/h6-9,11-12H,4-5,10H2,1-3H3. The van der Waals surface area contributed by atoms with Crippen molar-refractivity contribution in [1.29, 1.82) is 0 Å². The Kier molecular flexibility index (Phi) is 5.60. The quantitative estimate of drug-likeness (QED) is 0.713. The number of methoxy groups -OCH3 is 1. The molecule has 2 aromatic rings. The molecule has 0 N–H and O–H groups in total. The number of benzene rings is 2. The molecule has 144 valence electrons. The lowest BCUT2D eigenvalue weighted by atomic mass is 10.0. The number of sulfonamides is 1. The van der Waals surface area contributed by atoms with Crippen molar-refractivity contribution in [2.24, 2.45) is 0 Å². The Morgan fingerprint density at radius 1 is 1.19 bits per heavy atom. The molecule has 0 aromatic heterocycles. The Labute approximate surface area is 167 Å². The Morgan fingerprint density at radius 2 is 1.93 bits per heavy atom. The fourth-order valence-electron chi connectivity index (χ4n) is 3.14.